The Hall–Kier alpha value is -2.54. The summed E-state index contributed by atoms with van der Waals surface area (Å²) in [6.07, 6.45) is 1.02. The summed E-state index contributed by atoms with van der Waals surface area (Å²) in [7, 11) is 0. The predicted molar refractivity (Wildman–Crippen MR) is 75.0 cm³/mol. The Labute approximate surface area is 123 Å². The fraction of sp³-hybridized carbons (Fsp3) is 0.0769. The quantitative estimate of drug-likeness (QED) is 0.696. The van der Waals surface area contributed by atoms with E-state index in [4.69, 9.17) is 11.6 Å². The van der Waals surface area contributed by atoms with Crippen molar-refractivity contribution in [3.63, 3.8) is 0 Å². The van der Waals surface area contributed by atoms with Crippen molar-refractivity contribution in [3.05, 3.63) is 62.5 Å². The Morgan fingerprint density at radius 3 is 2.76 bits per heavy atom. The lowest BCUT2D eigenvalue weighted by atomic mass is 10.2. The Morgan fingerprint density at radius 1 is 1.48 bits per heavy atom. The van der Waals surface area contributed by atoms with Gasteiger partial charge in [-0.1, -0.05) is 17.7 Å². The van der Waals surface area contributed by atoms with Gasteiger partial charge >= 0.3 is 0 Å². The van der Waals surface area contributed by atoms with Gasteiger partial charge in [0, 0.05) is 5.56 Å². The number of nitro groups is 1. The molecule has 0 aliphatic heterocycles. The van der Waals surface area contributed by atoms with Crippen LogP contribution in [0.25, 0.3) is 0 Å². The lowest BCUT2D eigenvalue weighted by Gasteiger charge is -2.07. The summed E-state index contributed by atoms with van der Waals surface area (Å²) >= 11 is 5.78. The van der Waals surface area contributed by atoms with Gasteiger partial charge in [-0.3, -0.25) is 14.9 Å². The normalized spacial score (nSPS) is 10.2. The molecule has 1 N–H and O–H groups in total. The van der Waals surface area contributed by atoms with Gasteiger partial charge in [0.2, 0.25) is 0 Å². The van der Waals surface area contributed by atoms with Crippen molar-refractivity contribution in [2.75, 3.05) is 5.32 Å². The van der Waals surface area contributed by atoms with Crippen LogP contribution in [0.2, 0.25) is 5.02 Å². The molecule has 0 saturated carbocycles. The molecule has 1 heterocycles. The van der Waals surface area contributed by atoms with Crippen LogP contribution in [0.4, 0.5) is 15.9 Å². The summed E-state index contributed by atoms with van der Waals surface area (Å²) < 4.78 is 13.6. The maximum absolute atomic E-state index is 13.6. The molecule has 8 heteroatoms. The third kappa shape index (κ3) is 3.14. The minimum Gasteiger partial charge on any atom is -0.306 e. The lowest BCUT2D eigenvalue weighted by Crippen LogP contribution is -2.15. The highest BCUT2D eigenvalue weighted by atomic mass is 35.5. The van der Waals surface area contributed by atoms with E-state index >= 15 is 0 Å². The number of carbonyl (C=O) groups excluding carboxylic acids is 1. The topological polar surface area (TPSA) is 85.1 Å². The first-order valence-corrected chi connectivity index (χ1v) is 6.14. The van der Waals surface area contributed by atoms with E-state index in [1.165, 1.54) is 25.1 Å². The van der Waals surface area contributed by atoms with E-state index in [9.17, 15) is 19.3 Å². The SMILES string of the molecule is Cc1cc(NC(=O)c2c(F)cccc2Cl)ncc1[N+](=O)[O-]. The summed E-state index contributed by atoms with van der Waals surface area (Å²) in [6, 6.07) is 5.19. The standard InChI is InChI=1S/C13H9ClFN3O3/c1-7-5-11(16-6-10(7)18(20)21)17-13(19)12-8(14)3-2-4-9(12)15/h2-6H,1H3,(H,16,17,19). The van der Waals surface area contributed by atoms with Crippen LogP contribution in [-0.2, 0) is 0 Å². The molecule has 0 radical (unpaired) electrons. The first-order chi connectivity index (χ1) is 9.90. The van der Waals surface area contributed by atoms with E-state index in [0.29, 0.717) is 5.56 Å². The van der Waals surface area contributed by atoms with E-state index in [1.807, 2.05) is 0 Å². The highest BCUT2D eigenvalue weighted by Gasteiger charge is 2.18. The largest absolute Gasteiger partial charge is 0.306 e. The molecular formula is C13H9ClFN3O3. The molecule has 0 unspecified atom stereocenters. The first kappa shape index (κ1) is 14.9. The van der Waals surface area contributed by atoms with E-state index < -0.39 is 16.6 Å². The minimum atomic E-state index is -0.779. The minimum absolute atomic E-state index is 0.0360. The fourth-order valence-electron chi connectivity index (χ4n) is 1.70. The zero-order valence-corrected chi connectivity index (χ0v) is 11.5. The number of nitrogens with zero attached hydrogens (tertiary/aromatic N) is 2. The number of hydrogen-bond acceptors (Lipinski definition) is 4. The Balaban J connectivity index is 2.28. The third-order valence-corrected chi connectivity index (χ3v) is 3.03. The molecule has 1 aromatic carbocycles. The first-order valence-electron chi connectivity index (χ1n) is 5.76. The smallest absolute Gasteiger partial charge is 0.290 e. The van der Waals surface area contributed by atoms with Gasteiger partial charge < -0.3 is 5.32 Å². The number of benzene rings is 1. The summed E-state index contributed by atoms with van der Waals surface area (Å²) in [4.78, 5) is 25.8. The van der Waals surface area contributed by atoms with Crippen LogP contribution in [-0.4, -0.2) is 15.8 Å². The molecule has 1 amide bonds. The number of nitrogens with one attached hydrogen (secondary N) is 1. The number of halogens is 2. The number of carbonyl (C=O) groups is 1. The van der Waals surface area contributed by atoms with Gasteiger partial charge in [-0.25, -0.2) is 9.37 Å². The van der Waals surface area contributed by atoms with Gasteiger partial charge in [0.1, 0.15) is 17.8 Å². The molecule has 2 rings (SSSR count). The second-order valence-electron chi connectivity index (χ2n) is 4.16. The number of rotatable bonds is 3. The highest BCUT2D eigenvalue weighted by molar-refractivity contribution is 6.34. The molecule has 2 aromatic rings. The van der Waals surface area contributed by atoms with Gasteiger partial charge in [-0.05, 0) is 25.1 Å². The molecule has 0 saturated heterocycles. The van der Waals surface area contributed by atoms with Crippen LogP contribution in [0, 0.1) is 22.9 Å². The van der Waals surface area contributed by atoms with E-state index in [1.54, 1.807) is 0 Å². The van der Waals surface area contributed by atoms with Crippen LogP contribution >= 0.6 is 11.6 Å². The Bertz CT molecular complexity index is 716. The number of aryl methyl sites for hydroxylation is 1. The summed E-state index contributed by atoms with van der Waals surface area (Å²) in [6.45, 7) is 1.51. The summed E-state index contributed by atoms with van der Waals surface area (Å²) in [5.41, 5.74) is -0.154. The average molecular weight is 310 g/mol. The molecule has 0 atom stereocenters. The van der Waals surface area contributed by atoms with Crippen molar-refractivity contribution in [1.29, 1.82) is 0 Å². The number of aromatic nitrogens is 1. The van der Waals surface area contributed by atoms with Crippen LogP contribution in [0.5, 0.6) is 0 Å². The highest BCUT2D eigenvalue weighted by Crippen LogP contribution is 2.22. The zero-order chi connectivity index (χ0) is 15.6. The van der Waals surface area contributed by atoms with Crippen molar-refractivity contribution in [2.45, 2.75) is 6.92 Å². The molecule has 21 heavy (non-hydrogen) atoms. The van der Waals surface area contributed by atoms with E-state index in [2.05, 4.69) is 10.3 Å². The summed E-state index contributed by atoms with van der Waals surface area (Å²) in [5.74, 6) is -1.47. The van der Waals surface area contributed by atoms with Crippen molar-refractivity contribution in [1.82, 2.24) is 4.98 Å². The lowest BCUT2D eigenvalue weighted by molar-refractivity contribution is -0.385. The molecule has 0 spiro atoms. The van der Waals surface area contributed by atoms with Crippen LogP contribution < -0.4 is 5.32 Å². The molecule has 0 aliphatic carbocycles. The molecular weight excluding hydrogens is 301 g/mol. The average Bonchev–Trinajstić information content (AvgIpc) is 2.37. The zero-order valence-electron chi connectivity index (χ0n) is 10.8. The van der Waals surface area contributed by atoms with E-state index in [-0.39, 0.29) is 22.1 Å². The maximum atomic E-state index is 13.6. The second kappa shape index (κ2) is 5.84. The summed E-state index contributed by atoms with van der Waals surface area (Å²) in [5, 5.41) is 13.0. The van der Waals surface area contributed by atoms with Gasteiger partial charge in [0.25, 0.3) is 11.6 Å². The molecule has 0 bridgehead atoms. The van der Waals surface area contributed by atoms with Crippen molar-refractivity contribution >= 4 is 29.0 Å². The van der Waals surface area contributed by atoms with Gasteiger partial charge in [-0.2, -0.15) is 0 Å². The third-order valence-electron chi connectivity index (χ3n) is 2.71. The maximum Gasteiger partial charge on any atom is 0.290 e. The molecule has 0 aliphatic rings. The monoisotopic (exact) mass is 309 g/mol. The molecule has 1 aromatic heterocycles. The molecule has 108 valence electrons. The molecule has 6 nitrogen and oxygen atoms in total. The van der Waals surface area contributed by atoms with Crippen LogP contribution in [0.15, 0.2) is 30.5 Å². The Kier molecular flexibility index (Phi) is 4.13. The van der Waals surface area contributed by atoms with Gasteiger partial charge in [0.15, 0.2) is 0 Å². The number of pyridine rings is 1. The van der Waals surface area contributed by atoms with E-state index in [0.717, 1.165) is 12.3 Å². The van der Waals surface area contributed by atoms with Gasteiger partial charge in [-0.15, -0.1) is 0 Å². The van der Waals surface area contributed by atoms with Crippen LogP contribution in [0.3, 0.4) is 0 Å². The van der Waals surface area contributed by atoms with Crippen molar-refractivity contribution in [3.8, 4) is 0 Å². The fourth-order valence-corrected chi connectivity index (χ4v) is 1.95. The van der Waals surface area contributed by atoms with Crippen molar-refractivity contribution in [2.24, 2.45) is 0 Å². The number of hydrogen-bond donors (Lipinski definition) is 1. The predicted octanol–water partition coefficient (Wildman–Crippen LogP) is 3.34. The van der Waals surface area contributed by atoms with Crippen molar-refractivity contribution < 1.29 is 14.1 Å². The number of amides is 1. The second-order valence-corrected chi connectivity index (χ2v) is 4.57. The van der Waals surface area contributed by atoms with Crippen LogP contribution in [0.1, 0.15) is 15.9 Å². The number of anilines is 1. The van der Waals surface area contributed by atoms with Gasteiger partial charge in [0.05, 0.1) is 15.5 Å². The molecule has 0 fully saturated rings. The Morgan fingerprint density at radius 2 is 2.19 bits per heavy atom.